The molecule has 2 rings (SSSR count). The van der Waals surface area contributed by atoms with Gasteiger partial charge in [0.25, 0.3) is 0 Å². The lowest BCUT2D eigenvalue weighted by Crippen LogP contribution is -2.41. The summed E-state index contributed by atoms with van der Waals surface area (Å²) in [6.45, 7) is 2.08. The van der Waals surface area contributed by atoms with Crippen LogP contribution in [-0.2, 0) is 14.3 Å². The number of benzene rings is 1. The minimum atomic E-state index is -0.631. The molecule has 1 aliphatic carbocycles. The molecule has 126 valence electrons. The number of nitrogens with one attached hydrogen (secondary N) is 1. The summed E-state index contributed by atoms with van der Waals surface area (Å²) in [4.78, 5) is 24.8. The van der Waals surface area contributed by atoms with Gasteiger partial charge in [0.2, 0.25) is 0 Å². The highest BCUT2D eigenvalue weighted by atomic mass is 16.5. The second-order valence-electron chi connectivity index (χ2n) is 5.77. The molecule has 0 spiro atoms. The lowest BCUT2D eigenvalue weighted by atomic mass is 9.90. The number of ketones is 1. The van der Waals surface area contributed by atoms with Crippen LogP contribution in [0.15, 0.2) is 24.3 Å². The topological polar surface area (TPSA) is 64.6 Å². The number of methoxy groups -OCH3 is 1. The maximum absolute atomic E-state index is 12.4. The van der Waals surface area contributed by atoms with E-state index in [0.29, 0.717) is 13.0 Å². The summed E-state index contributed by atoms with van der Waals surface area (Å²) in [5.41, 5.74) is 0.779. The number of esters is 1. The zero-order valence-corrected chi connectivity index (χ0v) is 13.8. The molecule has 1 saturated carbocycles. The molecular weight excluding hydrogens is 294 g/mol. The smallest absolute Gasteiger partial charge is 0.329 e. The Bertz CT molecular complexity index is 526. The predicted molar refractivity (Wildman–Crippen MR) is 88.6 cm³/mol. The second-order valence-corrected chi connectivity index (χ2v) is 5.77. The molecule has 0 bridgehead atoms. The molecule has 5 nitrogen and oxygen atoms in total. The first-order valence-corrected chi connectivity index (χ1v) is 8.25. The number of hydrogen-bond donors (Lipinski definition) is 1. The largest absolute Gasteiger partial charge is 0.497 e. The predicted octanol–water partition coefficient (Wildman–Crippen LogP) is 3.19. The molecule has 1 N–H and O–H groups in total. The molecular formula is C18H25NO4. The van der Waals surface area contributed by atoms with E-state index in [1.807, 2.05) is 24.3 Å². The molecule has 0 saturated heterocycles. The van der Waals surface area contributed by atoms with Crippen LogP contribution in [0.25, 0.3) is 0 Å². The van der Waals surface area contributed by atoms with Crippen molar-refractivity contribution < 1.29 is 19.1 Å². The van der Waals surface area contributed by atoms with Gasteiger partial charge < -0.3 is 14.8 Å². The van der Waals surface area contributed by atoms with Crippen molar-refractivity contribution in [2.75, 3.05) is 19.0 Å². The summed E-state index contributed by atoms with van der Waals surface area (Å²) in [5, 5.41) is 3.19. The highest BCUT2D eigenvalue weighted by molar-refractivity contribution is 5.90. The summed E-state index contributed by atoms with van der Waals surface area (Å²) in [5.74, 6) is 0.220. The Morgan fingerprint density at radius 2 is 2.00 bits per heavy atom. The molecule has 0 amide bonds. The Morgan fingerprint density at radius 3 is 2.65 bits per heavy atom. The molecule has 23 heavy (non-hydrogen) atoms. The van der Waals surface area contributed by atoms with E-state index in [2.05, 4.69) is 5.32 Å². The minimum absolute atomic E-state index is 0.154. The number of ether oxygens (including phenoxy) is 2. The Labute approximate surface area is 137 Å². The van der Waals surface area contributed by atoms with Crippen LogP contribution >= 0.6 is 0 Å². The Hall–Kier alpha value is -2.04. The molecule has 1 aromatic rings. The number of hydrogen-bond acceptors (Lipinski definition) is 5. The van der Waals surface area contributed by atoms with Gasteiger partial charge in [0, 0.05) is 18.0 Å². The van der Waals surface area contributed by atoms with Gasteiger partial charge in [-0.25, -0.2) is 4.79 Å². The molecule has 1 fully saturated rings. The fraction of sp³-hybridized carbons (Fsp3) is 0.556. The summed E-state index contributed by atoms with van der Waals surface area (Å²) in [6, 6.07) is 6.69. The van der Waals surface area contributed by atoms with Gasteiger partial charge in [-0.05, 0) is 44.0 Å². The maximum atomic E-state index is 12.4. The van der Waals surface area contributed by atoms with Gasteiger partial charge in [-0.15, -0.1) is 0 Å². The molecule has 2 unspecified atom stereocenters. The van der Waals surface area contributed by atoms with Crippen molar-refractivity contribution >= 4 is 17.4 Å². The second kappa shape index (κ2) is 8.56. The van der Waals surface area contributed by atoms with Gasteiger partial charge in [0.15, 0.2) is 0 Å². The molecule has 1 aliphatic rings. The highest BCUT2D eigenvalue weighted by Gasteiger charge is 2.35. The number of carbonyl (C=O) groups is 2. The fourth-order valence-corrected chi connectivity index (χ4v) is 2.96. The van der Waals surface area contributed by atoms with Gasteiger partial charge in [-0.2, -0.15) is 0 Å². The molecule has 1 aromatic carbocycles. The van der Waals surface area contributed by atoms with E-state index >= 15 is 0 Å². The van der Waals surface area contributed by atoms with Gasteiger partial charge in [-0.1, -0.05) is 12.8 Å². The number of Topliss-reactive ketones (excluding diaryl/α,β-unsaturated/α-hetero) is 1. The summed E-state index contributed by atoms with van der Waals surface area (Å²) in [6.07, 6.45) is 4.20. The van der Waals surface area contributed by atoms with Crippen LogP contribution in [0.2, 0.25) is 0 Å². The molecule has 5 heteroatoms. The van der Waals surface area contributed by atoms with E-state index in [1.54, 1.807) is 14.0 Å². The average molecular weight is 319 g/mol. The third-order valence-corrected chi connectivity index (χ3v) is 4.21. The van der Waals surface area contributed by atoms with Crippen molar-refractivity contribution in [2.24, 2.45) is 5.92 Å². The third-order valence-electron chi connectivity index (χ3n) is 4.21. The zero-order valence-electron chi connectivity index (χ0n) is 13.8. The van der Waals surface area contributed by atoms with Crippen molar-refractivity contribution in [1.29, 1.82) is 0 Å². The van der Waals surface area contributed by atoms with Crippen LogP contribution in [0.1, 0.15) is 39.0 Å². The fourth-order valence-electron chi connectivity index (χ4n) is 2.96. The normalized spacial score (nSPS) is 19.6. The Balaban J connectivity index is 2.18. The summed E-state index contributed by atoms with van der Waals surface area (Å²) < 4.78 is 10.3. The molecule has 2 atom stereocenters. The van der Waals surface area contributed by atoms with E-state index < -0.39 is 6.04 Å². The SMILES string of the molecule is CCOC(=O)C(Nc1ccc(OC)cc1)C1CCCCCC1=O. The first-order chi connectivity index (χ1) is 11.2. The molecule has 0 aromatic heterocycles. The highest BCUT2D eigenvalue weighted by Crippen LogP contribution is 2.26. The number of rotatable bonds is 6. The van der Waals surface area contributed by atoms with Crippen LogP contribution in [-0.4, -0.2) is 31.5 Å². The molecule has 0 aliphatic heterocycles. The van der Waals surface area contributed by atoms with Crippen LogP contribution in [0.4, 0.5) is 5.69 Å². The summed E-state index contributed by atoms with van der Waals surface area (Å²) in [7, 11) is 1.61. The van der Waals surface area contributed by atoms with Crippen LogP contribution < -0.4 is 10.1 Å². The van der Waals surface area contributed by atoms with Gasteiger partial charge in [0.05, 0.1) is 13.7 Å². The number of anilines is 1. The lowest BCUT2D eigenvalue weighted by Gasteiger charge is -2.25. The first kappa shape index (κ1) is 17.3. The van der Waals surface area contributed by atoms with Crippen molar-refractivity contribution in [1.82, 2.24) is 0 Å². The quantitative estimate of drug-likeness (QED) is 0.644. The van der Waals surface area contributed by atoms with E-state index in [1.165, 1.54) is 0 Å². The van der Waals surface area contributed by atoms with Crippen LogP contribution in [0.3, 0.4) is 0 Å². The monoisotopic (exact) mass is 319 g/mol. The minimum Gasteiger partial charge on any atom is -0.497 e. The van der Waals surface area contributed by atoms with E-state index in [4.69, 9.17) is 9.47 Å². The van der Waals surface area contributed by atoms with Crippen molar-refractivity contribution in [3.8, 4) is 5.75 Å². The first-order valence-electron chi connectivity index (χ1n) is 8.25. The maximum Gasteiger partial charge on any atom is 0.329 e. The third kappa shape index (κ3) is 4.71. The lowest BCUT2D eigenvalue weighted by molar-refractivity contribution is -0.147. The Kier molecular flexibility index (Phi) is 6.44. The average Bonchev–Trinajstić information content (AvgIpc) is 2.78. The van der Waals surface area contributed by atoms with Crippen molar-refractivity contribution in [3.63, 3.8) is 0 Å². The van der Waals surface area contributed by atoms with Gasteiger partial charge in [-0.3, -0.25) is 4.79 Å². The van der Waals surface area contributed by atoms with Crippen LogP contribution in [0.5, 0.6) is 5.75 Å². The van der Waals surface area contributed by atoms with Gasteiger partial charge >= 0.3 is 5.97 Å². The van der Waals surface area contributed by atoms with E-state index in [0.717, 1.165) is 37.1 Å². The number of carbonyl (C=O) groups excluding carboxylic acids is 2. The van der Waals surface area contributed by atoms with Crippen molar-refractivity contribution in [2.45, 2.75) is 45.1 Å². The van der Waals surface area contributed by atoms with Crippen LogP contribution in [0, 0.1) is 5.92 Å². The zero-order chi connectivity index (χ0) is 16.7. The van der Waals surface area contributed by atoms with Crippen molar-refractivity contribution in [3.05, 3.63) is 24.3 Å². The Morgan fingerprint density at radius 1 is 1.26 bits per heavy atom. The summed E-state index contributed by atoms with van der Waals surface area (Å²) >= 11 is 0. The van der Waals surface area contributed by atoms with E-state index in [-0.39, 0.29) is 17.7 Å². The van der Waals surface area contributed by atoms with E-state index in [9.17, 15) is 9.59 Å². The molecule has 0 heterocycles. The standard InChI is InChI=1S/C18H25NO4/c1-3-23-18(21)17(15-7-5-4-6-8-16(15)20)19-13-9-11-14(22-2)12-10-13/h9-12,15,17,19H,3-8H2,1-2H3. The molecule has 0 radical (unpaired) electrons. The van der Waals surface area contributed by atoms with Gasteiger partial charge in [0.1, 0.15) is 17.6 Å².